The van der Waals surface area contributed by atoms with Crippen LogP contribution < -0.4 is 0 Å². The van der Waals surface area contributed by atoms with E-state index in [4.69, 9.17) is 11.6 Å². The first-order valence-electron chi connectivity index (χ1n) is 2.74. The molecule has 7 heavy (non-hydrogen) atoms. The molecule has 0 nitrogen and oxygen atoms in total. The number of halogens is 1. The minimum absolute atomic E-state index is 0.359. The van der Waals surface area contributed by atoms with Gasteiger partial charge >= 0.3 is 0 Å². The molecule has 43 valence electrons. The van der Waals surface area contributed by atoms with Crippen LogP contribution in [0, 0.1) is 6.92 Å². The molecule has 0 spiro atoms. The van der Waals surface area contributed by atoms with Gasteiger partial charge in [-0.05, 0) is 12.8 Å². The summed E-state index contributed by atoms with van der Waals surface area (Å²) in [5.74, 6) is 0. The van der Waals surface area contributed by atoms with Crippen molar-refractivity contribution < 1.29 is 0 Å². The van der Waals surface area contributed by atoms with E-state index in [0.717, 1.165) is 19.3 Å². The summed E-state index contributed by atoms with van der Waals surface area (Å²) >= 11 is 5.73. The maximum atomic E-state index is 5.73. The van der Waals surface area contributed by atoms with Gasteiger partial charge in [-0.2, -0.15) is 0 Å². The number of rotatable bonds is 3. The molecule has 1 radical (unpaired) electrons. The fourth-order valence-electron chi connectivity index (χ4n) is 0.426. The molecule has 0 rings (SSSR count). The van der Waals surface area contributed by atoms with E-state index in [9.17, 15) is 0 Å². The molecule has 1 atom stereocenters. The quantitative estimate of drug-likeness (QED) is 0.501. The van der Waals surface area contributed by atoms with Crippen molar-refractivity contribution in [2.45, 2.75) is 31.6 Å². The molecule has 1 heteroatoms. The summed E-state index contributed by atoms with van der Waals surface area (Å²) in [6.07, 6.45) is 3.08. The molecular formula is C6H12Cl. The van der Waals surface area contributed by atoms with Gasteiger partial charge in [-0.15, -0.1) is 11.6 Å². The van der Waals surface area contributed by atoms with E-state index < -0.39 is 0 Å². The predicted molar refractivity (Wildman–Crippen MR) is 34.5 cm³/mol. The SMILES string of the molecule is [CH2]CCC(Cl)CC. The van der Waals surface area contributed by atoms with Gasteiger partial charge in [0, 0.05) is 5.38 Å². The van der Waals surface area contributed by atoms with Crippen LogP contribution >= 0.6 is 11.6 Å². The lowest BCUT2D eigenvalue weighted by Gasteiger charge is -1.99. The topological polar surface area (TPSA) is 0 Å². The summed E-state index contributed by atoms with van der Waals surface area (Å²) in [5, 5.41) is 0.359. The molecule has 0 N–H and O–H groups in total. The average molecular weight is 120 g/mol. The fourth-order valence-corrected chi connectivity index (χ4v) is 0.580. The second-order valence-electron chi connectivity index (χ2n) is 1.65. The predicted octanol–water partition coefficient (Wildman–Crippen LogP) is 2.62. The third kappa shape index (κ3) is 4.14. The molecule has 0 fully saturated rings. The zero-order valence-electron chi connectivity index (χ0n) is 4.78. The van der Waals surface area contributed by atoms with Crippen molar-refractivity contribution in [3.05, 3.63) is 6.92 Å². The molecule has 0 saturated carbocycles. The van der Waals surface area contributed by atoms with Crippen LogP contribution in [0.4, 0.5) is 0 Å². The van der Waals surface area contributed by atoms with Crippen LogP contribution in [0.2, 0.25) is 0 Å². The standard InChI is InChI=1S/C6H12Cl/c1-3-5-6(7)4-2/h6H,1,3-5H2,2H3. The Morgan fingerprint density at radius 1 is 1.71 bits per heavy atom. The first-order chi connectivity index (χ1) is 3.31. The number of hydrogen-bond acceptors (Lipinski definition) is 0. The Bertz CT molecular complexity index is 35.2. The lowest BCUT2D eigenvalue weighted by atomic mass is 10.2. The van der Waals surface area contributed by atoms with Gasteiger partial charge in [0.2, 0.25) is 0 Å². The van der Waals surface area contributed by atoms with Crippen molar-refractivity contribution in [3.63, 3.8) is 0 Å². The lowest BCUT2D eigenvalue weighted by molar-refractivity contribution is 0.737. The zero-order valence-corrected chi connectivity index (χ0v) is 5.54. The van der Waals surface area contributed by atoms with E-state index in [2.05, 4.69) is 13.8 Å². The lowest BCUT2D eigenvalue weighted by Crippen LogP contribution is -1.92. The first-order valence-corrected chi connectivity index (χ1v) is 3.18. The second kappa shape index (κ2) is 4.45. The highest BCUT2D eigenvalue weighted by Gasteiger charge is 1.95. The maximum absolute atomic E-state index is 5.73. The fraction of sp³-hybridized carbons (Fsp3) is 0.833. The minimum atomic E-state index is 0.359. The highest BCUT2D eigenvalue weighted by atomic mass is 35.5. The Balaban J connectivity index is 2.83. The summed E-state index contributed by atoms with van der Waals surface area (Å²) in [5.41, 5.74) is 0. The maximum Gasteiger partial charge on any atom is 0.0333 e. The van der Waals surface area contributed by atoms with E-state index in [1.165, 1.54) is 0 Å². The van der Waals surface area contributed by atoms with Gasteiger partial charge in [0.1, 0.15) is 0 Å². The van der Waals surface area contributed by atoms with E-state index in [-0.39, 0.29) is 0 Å². The van der Waals surface area contributed by atoms with Gasteiger partial charge in [0.15, 0.2) is 0 Å². The van der Waals surface area contributed by atoms with E-state index in [0.29, 0.717) is 5.38 Å². The Kier molecular flexibility index (Phi) is 4.63. The van der Waals surface area contributed by atoms with E-state index >= 15 is 0 Å². The smallest absolute Gasteiger partial charge is 0.0333 e. The van der Waals surface area contributed by atoms with Gasteiger partial charge in [-0.1, -0.05) is 20.3 Å². The average Bonchev–Trinajstić information content (AvgIpc) is 1.68. The van der Waals surface area contributed by atoms with Crippen molar-refractivity contribution in [1.82, 2.24) is 0 Å². The monoisotopic (exact) mass is 119 g/mol. The van der Waals surface area contributed by atoms with Crippen molar-refractivity contribution >= 4 is 11.6 Å². The third-order valence-corrected chi connectivity index (χ3v) is 1.49. The van der Waals surface area contributed by atoms with Crippen molar-refractivity contribution in [2.24, 2.45) is 0 Å². The van der Waals surface area contributed by atoms with E-state index in [1.54, 1.807) is 0 Å². The van der Waals surface area contributed by atoms with Crippen LogP contribution in [0.15, 0.2) is 0 Å². The molecule has 0 aromatic heterocycles. The summed E-state index contributed by atoms with van der Waals surface area (Å²) < 4.78 is 0. The van der Waals surface area contributed by atoms with Crippen LogP contribution in [0.25, 0.3) is 0 Å². The largest absolute Gasteiger partial charge is 0.123 e. The first kappa shape index (κ1) is 7.29. The van der Waals surface area contributed by atoms with Crippen molar-refractivity contribution in [1.29, 1.82) is 0 Å². The van der Waals surface area contributed by atoms with E-state index in [1.807, 2.05) is 0 Å². The van der Waals surface area contributed by atoms with Gasteiger partial charge in [-0.25, -0.2) is 0 Å². The molecule has 0 aliphatic heterocycles. The molecule has 1 unspecified atom stereocenters. The molecule has 0 aliphatic rings. The molecule has 0 aromatic rings. The van der Waals surface area contributed by atoms with Crippen LogP contribution in [0.1, 0.15) is 26.2 Å². The van der Waals surface area contributed by atoms with Gasteiger partial charge in [0.25, 0.3) is 0 Å². The normalized spacial score (nSPS) is 14.1. The molecule has 0 bridgehead atoms. The summed E-state index contributed by atoms with van der Waals surface area (Å²) in [6.45, 7) is 5.78. The Labute approximate surface area is 50.9 Å². The van der Waals surface area contributed by atoms with Crippen LogP contribution in [0.5, 0.6) is 0 Å². The van der Waals surface area contributed by atoms with Crippen LogP contribution in [0.3, 0.4) is 0 Å². The molecule has 0 saturated heterocycles. The molecular weight excluding hydrogens is 108 g/mol. The van der Waals surface area contributed by atoms with Gasteiger partial charge in [-0.3, -0.25) is 0 Å². The third-order valence-electron chi connectivity index (χ3n) is 0.960. The van der Waals surface area contributed by atoms with Crippen molar-refractivity contribution in [3.8, 4) is 0 Å². The molecule has 0 aliphatic carbocycles. The highest BCUT2D eigenvalue weighted by Crippen LogP contribution is 2.07. The molecule has 0 aromatic carbocycles. The Morgan fingerprint density at radius 2 is 2.29 bits per heavy atom. The molecule has 0 heterocycles. The van der Waals surface area contributed by atoms with Gasteiger partial charge in [0.05, 0.1) is 0 Å². The van der Waals surface area contributed by atoms with Gasteiger partial charge < -0.3 is 0 Å². The van der Waals surface area contributed by atoms with Crippen molar-refractivity contribution in [2.75, 3.05) is 0 Å². The molecule has 0 amide bonds. The van der Waals surface area contributed by atoms with Crippen LogP contribution in [-0.4, -0.2) is 5.38 Å². The Hall–Kier alpha value is 0.290. The number of hydrogen-bond donors (Lipinski definition) is 0. The van der Waals surface area contributed by atoms with Crippen LogP contribution in [-0.2, 0) is 0 Å². The minimum Gasteiger partial charge on any atom is -0.123 e. The summed E-state index contributed by atoms with van der Waals surface area (Å²) in [6, 6.07) is 0. The number of alkyl halides is 1. The highest BCUT2D eigenvalue weighted by molar-refractivity contribution is 6.20. The second-order valence-corrected chi connectivity index (χ2v) is 2.26. The summed E-state index contributed by atoms with van der Waals surface area (Å²) in [7, 11) is 0. The Morgan fingerprint density at radius 3 is 2.43 bits per heavy atom. The summed E-state index contributed by atoms with van der Waals surface area (Å²) in [4.78, 5) is 0. The zero-order chi connectivity index (χ0) is 5.70.